The van der Waals surface area contributed by atoms with Crippen molar-refractivity contribution >= 4 is 23.7 Å². The first-order valence-corrected chi connectivity index (χ1v) is 9.28. The highest BCUT2D eigenvalue weighted by Crippen LogP contribution is 2.11. The molecule has 9 N–H and O–H groups in total. The lowest BCUT2D eigenvalue weighted by atomic mass is 10.0. The number of carbonyl (C=O) groups excluding carboxylic acids is 3. The molecule has 3 amide bonds. The van der Waals surface area contributed by atoms with Crippen LogP contribution in [0.4, 0.5) is 0 Å². The number of nitrogens with two attached hydrogens (primary N) is 2. The van der Waals surface area contributed by atoms with Gasteiger partial charge in [-0.05, 0) is 24.1 Å². The first kappa shape index (κ1) is 23.3. The van der Waals surface area contributed by atoms with Crippen molar-refractivity contribution in [2.45, 2.75) is 37.4 Å². The van der Waals surface area contributed by atoms with Crippen molar-refractivity contribution in [2.75, 3.05) is 0 Å². The zero-order valence-electron chi connectivity index (χ0n) is 16.4. The maximum Gasteiger partial charge on any atom is 0.326 e. The van der Waals surface area contributed by atoms with E-state index in [0.29, 0.717) is 11.3 Å². The van der Waals surface area contributed by atoms with Gasteiger partial charge in [-0.2, -0.15) is 0 Å². The predicted molar refractivity (Wildman–Crippen MR) is 107 cm³/mol. The molecule has 0 radical (unpaired) electrons. The number of carbonyl (C=O) groups is 4. The Bertz CT molecular complexity index is 914. The fraction of sp³-hybridized carbons (Fsp3) is 0.316. The van der Waals surface area contributed by atoms with Gasteiger partial charge in [0.2, 0.25) is 17.7 Å². The maximum absolute atomic E-state index is 12.6. The van der Waals surface area contributed by atoms with Crippen LogP contribution in [0.15, 0.2) is 36.8 Å². The largest absolute Gasteiger partial charge is 0.508 e. The molecular formula is C19H24N6O6. The van der Waals surface area contributed by atoms with E-state index in [1.165, 1.54) is 24.7 Å². The lowest BCUT2D eigenvalue weighted by molar-refractivity contribution is -0.142. The Morgan fingerprint density at radius 1 is 1.03 bits per heavy atom. The molecule has 0 saturated heterocycles. The van der Waals surface area contributed by atoms with Gasteiger partial charge in [0.1, 0.15) is 17.8 Å². The summed E-state index contributed by atoms with van der Waals surface area (Å²) in [6, 6.07) is 2.26. The second-order valence-electron chi connectivity index (χ2n) is 6.89. The molecule has 0 saturated carbocycles. The Morgan fingerprint density at radius 3 is 2.23 bits per heavy atom. The summed E-state index contributed by atoms with van der Waals surface area (Å²) in [5.41, 5.74) is 12.2. The van der Waals surface area contributed by atoms with Crippen molar-refractivity contribution in [1.82, 2.24) is 20.6 Å². The number of hydrogen-bond donors (Lipinski definition) is 7. The standard InChI is InChI=1S/C19H24N6O6/c20-13(5-10-1-3-12(26)4-2-10)17(28)24-14(7-16(21)27)18(29)25-15(19(30)31)6-11-8-22-9-23-11/h1-4,8-9,13-15,26H,5-7,20H2,(H2,21,27)(H,22,23)(H,24,28)(H,25,29)(H,30,31)/t13-,14-,15-/m0/s1. The van der Waals surface area contributed by atoms with E-state index in [-0.39, 0.29) is 18.6 Å². The van der Waals surface area contributed by atoms with Crippen molar-refractivity contribution in [3.05, 3.63) is 48.0 Å². The summed E-state index contributed by atoms with van der Waals surface area (Å²) < 4.78 is 0. The zero-order chi connectivity index (χ0) is 23.0. The molecule has 166 valence electrons. The minimum absolute atomic E-state index is 0.0584. The highest BCUT2D eigenvalue weighted by Gasteiger charge is 2.29. The van der Waals surface area contributed by atoms with Crippen molar-refractivity contribution in [3.63, 3.8) is 0 Å². The molecule has 2 aromatic rings. The van der Waals surface area contributed by atoms with Crippen LogP contribution in [0.5, 0.6) is 5.75 Å². The van der Waals surface area contributed by atoms with E-state index in [1.807, 2.05) is 0 Å². The van der Waals surface area contributed by atoms with E-state index in [9.17, 15) is 29.4 Å². The van der Waals surface area contributed by atoms with Gasteiger partial charge in [0.15, 0.2) is 0 Å². The molecule has 2 rings (SSSR count). The van der Waals surface area contributed by atoms with Crippen molar-refractivity contribution in [3.8, 4) is 5.75 Å². The minimum atomic E-state index is -1.40. The van der Waals surface area contributed by atoms with E-state index >= 15 is 0 Å². The van der Waals surface area contributed by atoms with Gasteiger partial charge in [-0.25, -0.2) is 9.78 Å². The fourth-order valence-corrected chi connectivity index (χ4v) is 2.76. The molecule has 12 nitrogen and oxygen atoms in total. The van der Waals surface area contributed by atoms with Crippen LogP contribution < -0.4 is 22.1 Å². The molecular weight excluding hydrogens is 408 g/mol. The first-order valence-electron chi connectivity index (χ1n) is 9.28. The Hall–Kier alpha value is -3.93. The number of benzene rings is 1. The number of phenols is 1. The average Bonchev–Trinajstić information content (AvgIpc) is 3.21. The summed E-state index contributed by atoms with van der Waals surface area (Å²) in [4.78, 5) is 54.4. The van der Waals surface area contributed by atoms with Crippen LogP contribution >= 0.6 is 0 Å². The van der Waals surface area contributed by atoms with Crippen molar-refractivity contribution < 1.29 is 29.4 Å². The van der Waals surface area contributed by atoms with Crippen molar-refractivity contribution in [1.29, 1.82) is 0 Å². The molecule has 0 aliphatic rings. The van der Waals surface area contributed by atoms with Gasteiger partial charge in [-0.15, -0.1) is 0 Å². The summed E-state index contributed by atoms with van der Waals surface area (Å²) >= 11 is 0. The number of amides is 3. The number of primary amides is 1. The lowest BCUT2D eigenvalue weighted by Crippen LogP contribution is -2.56. The number of hydrogen-bond acceptors (Lipinski definition) is 7. The molecule has 1 aromatic heterocycles. The third-order valence-electron chi connectivity index (χ3n) is 4.36. The summed E-state index contributed by atoms with van der Waals surface area (Å²) in [7, 11) is 0. The number of carboxylic acids is 1. The van der Waals surface area contributed by atoms with Gasteiger partial charge in [0, 0.05) is 18.3 Å². The van der Waals surface area contributed by atoms with Gasteiger partial charge in [0.25, 0.3) is 0 Å². The van der Waals surface area contributed by atoms with Gasteiger partial charge < -0.3 is 37.3 Å². The van der Waals surface area contributed by atoms with Crippen LogP contribution in [0.1, 0.15) is 17.7 Å². The molecule has 3 atom stereocenters. The summed E-state index contributed by atoms with van der Waals surface area (Å²) in [6.07, 6.45) is 2.25. The molecule has 12 heteroatoms. The third-order valence-corrected chi connectivity index (χ3v) is 4.36. The van der Waals surface area contributed by atoms with Crippen LogP contribution in [0.2, 0.25) is 0 Å². The van der Waals surface area contributed by atoms with E-state index in [0.717, 1.165) is 0 Å². The molecule has 0 aliphatic carbocycles. The SMILES string of the molecule is NC(=O)C[C@H](NC(=O)[C@@H](N)Cc1ccc(O)cc1)C(=O)N[C@@H](Cc1cnc[nH]1)C(=O)O. The van der Waals surface area contributed by atoms with Crippen molar-refractivity contribution in [2.24, 2.45) is 11.5 Å². The highest BCUT2D eigenvalue weighted by atomic mass is 16.4. The normalized spacial score (nSPS) is 13.6. The molecule has 1 heterocycles. The van der Waals surface area contributed by atoms with E-state index in [1.54, 1.807) is 12.1 Å². The predicted octanol–water partition coefficient (Wildman–Crippen LogP) is -1.84. The molecule has 0 fully saturated rings. The number of aromatic hydroxyl groups is 1. The Labute approximate surface area is 177 Å². The smallest absolute Gasteiger partial charge is 0.326 e. The molecule has 1 aromatic carbocycles. The van der Waals surface area contributed by atoms with Gasteiger partial charge in [-0.3, -0.25) is 14.4 Å². The summed E-state index contributed by atoms with van der Waals surface area (Å²) in [5.74, 6) is -3.74. The van der Waals surface area contributed by atoms with Crippen LogP contribution in [0.3, 0.4) is 0 Å². The number of aromatic amines is 1. The number of imidazole rings is 1. The van der Waals surface area contributed by atoms with Crippen LogP contribution in [-0.2, 0) is 32.0 Å². The van der Waals surface area contributed by atoms with Crippen LogP contribution in [0.25, 0.3) is 0 Å². The van der Waals surface area contributed by atoms with Gasteiger partial charge in [0.05, 0.1) is 18.8 Å². The van der Waals surface area contributed by atoms with Gasteiger partial charge in [-0.1, -0.05) is 12.1 Å². The molecule has 31 heavy (non-hydrogen) atoms. The van der Waals surface area contributed by atoms with E-state index in [4.69, 9.17) is 11.5 Å². The van der Waals surface area contributed by atoms with E-state index < -0.39 is 48.2 Å². The number of aliphatic carboxylic acids is 1. The summed E-state index contributed by atoms with van der Waals surface area (Å²) in [5, 5.41) is 23.3. The number of phenolic OH excluding ortho intramolecular Hbond substituents is 1. The number of aromatic nitrogens is 2. The maximum atomic E-state index is 12.6. The molecule has 0 bridgehead atoms. The number of carboxylic acid groups (broad SMARTS) is 1. The number of nitrogens with zero attached hydrogens (tertiary/aromatic N) is 1. The number of H-pyrrole nitrogens is 1. The monoisotopic (exact) mass is 432 g/mol. The second-order valence-corrected chi connectivity index (χ2v) is 6.89. The fourth-order valence-electron chi connectivity index (χ4n) is 2.76. The molecule has 0 aliphatic heterocycles. The lowest BCUT2D eigenvalue weighted by Gasteiger charge is -2.22. The van der Waals surface area contributed by atoms with Crippen LogP contribution in [-0.4, -0.2) is 62.0 Å². The van der Waals surface area contributed by atoms with Crippen LogP contribution in [0, 0.1) is 0 Å². The quantitative estimate of drug-likeness (QED) is 0.214. The zero-order valence-corrected chi connectivity index (χ0v) is 16.4. The molecule has 0 spiro atoms. The Morgan fingerprint density at radius 2 is 1.68 bits per heavy atom. The summed E-state index contributed by atoms with van der Waals surface area (Å²) in [6.45, 7) is 0. The highest BCUT2D eigenvalue weighted by molar-refractivity contribution is 5.94. The Kier molecular flexibility index (Phi) is 8.09. The minimum Gasteiger partial charge on any atom is -0.508 e. The Balaban J connectivity index is 2.03. The topological polar surface area (TPSA) is 214 Å². The average molecular weight is 432 g/mol. The van der Waals surface area contributed by atoms with Gasteiger partial charge >= 0.3 is 5.97 Å². The molecule has 0 unspecified atom stereocenters. The van der Waals surface area contributed by atoms with E-state index in [2.05, 4.69) is 20.6 Å². The number of nitrogens with one attached hydrogen (secondary N) is 3. The number of rotatable bonds is 11. The second kappa shape index (κ2) is 10.7. The first-order chi connectivity index (χ1) is 14.7. The third kappa shape index (κ3) is 7.44.